The van der Waals surface area contributed by atoms with Crippen molar-refractivity contribution in [1.29, 1.82) is 0 Å². The minimum absolute atomic E-state index is 0.0696. The van der Waals surface area contributed by atoms with Gasteiger partial charge in [0, 0.05) is 5.70 Å². The molecule has 0 fully saturated rings. The largest absolute Gasteiger partial charge is 0.462 e. The Labute approximate surface area is 161 Å². The van der Waals surface area contributed by atoms with Gasteiger partial charge in [-0.05, 0) is 43.2 Å². The summed E-state index contributed by atoms with van der Waals surface area (Å²) in [4.78, 5) is 36.5. The zero-order valence-corrected chi connectivity index (χ0v) is 15.5. The molecule has 0 bridgehead atoms. The van der Waals surface area contributed by atoms with Crippen LogP contribution in [-0.4, -0.2) is 24.6 Å². The van der Waals surface area contributed by atoms with E-state index in [1.807, 2.05) is 6.92 Å². The third kappa shape index (κ3) is 4.22. The van der Waals surface area contributed by atoms with Crippen molar-refractivity contribution in [3.8, 4) is 5.75 Å². The van der Waals surface area contributed by atoms with Gasteiger partial charge < -0.3 is 24.5 Å². The second kappa shape index (κ2) is 8.43. The summed E-state index contributed by atoms with van der Waals surface area (Å²) in [5.74, 6) is -0.841. The molecule has 8 nitrogen and oxygen atoms in total. The lowest BCUT2D eigenvalue weighted by Crippen LogP contribution is -2.45. The molecule has 2 N–H and O–H groups in total. The molecular formula is C20H20N2O6. The van der Waals surface area contributed by atoms with Gasteiger partial charge in [0.05, 0.1) is 24.5 Å². The van der Waals surface area contributed by atoms with E-state index in [2.05, 4.69) is 10.6 Å². The monoisotopic (exact) mass is 384 g/mol. The highest BCUT2D eigenvalue weighted by Crippen LogP contribution is 2.30. The standard InChI is InChI=1S/C20H20N2O6/c1-3-9-27-19(24)16-12(2)21-20(25)22-17(16)13-6-4-7-14(11-13)28-18(23)15-8-5-10-26-15/h4-8,10-11,17H,3,9H2,1-2H3,(H2,21,22,25). The molecule has 2 aromatic rings. The molecule has 28 heavy (non-hydrogen) atoms. The average Bonchev–Trinajstić information content (AvgIpc) is 3.20. The molecule has 2 heterocycles. The highest BCUT2D eigenvalue weighted by Gasteiger charge is 2.32. The number of urea groups is 1. The average molecular weight is 384 g/mol. The molecule has 1 atom stereocenters. The Balaban J connectivity index is 1.87. The summed E-state index contributed by atoms with van der Waals surface area (Å²) in [6.07, 6.45) is 2.06. The molecule has 3 rings (SSSR count). The summed E-state index contributed by atoms with van der Waals surface area (Å²) >= 11 is 0. The first-order chi connectivity index (χ1) is 13.5. The Morgan fingerprint density at radius 3 is 2.71 bits per heavy atom. The zero-order chi connectivity index (χ0) is 20.1. The third-order valence-electron chi connectivity index (χ3n) is 4.05. The molecule has 0 saturated carbocycles. The van der Waals surface area contributed by atoms with Gasteiger partial charge in [0.2, 0.25) is 5.76 Å². The van der Waals surface area contributed by atoms with Crippen LogP contribution >= 0.6 is 0 Å². The number of esters is 2. The number of hydrogen-bond acceptors (Lipinski definition) is 6. The van der Waals surface area contributed by atoms with E-state index >= 15 is 0 Å². The summed E-state index contributed by atoms with van der Waals surface area (Å²) in [6.45, 7) is 3.80. The lowest BCUT2D eigenvalue weighted by Gasteiger charge is -2.28. The quantitative estimate of drug-likeness (QED) is 0.585. The first-order valence-corrected chi connectivity index (χ1v) is 8.80. The highest BCUT2D eigenvalue weighted by atomic mass is 16.5. The van der Waals surface area contributed by atoms with Crippen LogP contribution in [0.4, 0.5) is 4.79 Å². The van der Waals surface area contributed by atoms with Crippen molar-refractivity contribution < 1.29 is 28.3 Å². The fourth-order valence-corrected chi connectivity index (χ4v) is 2.80. The van der Waals surface area contributed by atoms with Crippen LogP contribution in [0.5, 0.6) is 5.75 Å². The van der Waals surface area contributed by atoms with Crippen LogP contribution in [0, 0.1) is 0 Å². The maximum atomic E-state index is 12.5. The van der Waals surface area contributed by atoms with E-state index in [0.29, 0.717) is 23.3 Å². The van der Waals surface area contributed by atoms with Crippen LogP contribution in [0.15, 0.2) is 58.3 Å². The van der Waals surface area contributed by atoms with Crippen molar-refractivity contribution in [2.45, 2.75) is 26.3 Å². The summed E-state index contributed by atoms with van der Waals surface area (Å²) in [6, 6.07) is 8.47. The second-order valence-electron chi connectivity index (χ2n) is 6.15. The van der Waals surface area contributed by atoms with Gasteiger partial charge in [0.15, 0.2) is 0 Å². The number of furan rings is 1. The summed E-state index contributed by atoms with van der Waals surface area (Å²) in [5, 5.41) is 5.29. The molecule has 8 heteroatoms. The number of allylic oxidation sites excluding steroid dienone is 1. The fourth-order valence-electron chi connectivity index (χ4n) is 2.80. The smallest absolute Gasteiger partial charge is 0.379 e. The molecule has 0 spiro atoms. The number of nitrogens with one attached hydrogen (secondary N) is 2. The van der Waals surface area contributed by atoms with Crippen molar-refractivity contribution in [3.05, 3.63) is 65.3 Å². The number of benzene rings is 1. The Hall–Kier alpha value is -3.55. The molecule has 0 radical (unpaired) electrons. The molecule has 146 valence electrons. The molecule has 1 aliphatic heterocycles. The SMILES string of the molecule is CCCOC(=O)C1=C(C)NC(=O)NC1c1cccc(OC(=O)c2ccco2)c1. The number of carbonyl (C=O) groups is 3. The second-order valence-corrected chi connectivity index (χ2v) is 6.15. The fraction of sp³-hybridized carbons (Fsp3) is 0.250. The summed E-state index contributed by atoms with van der Waals surface area (Å²) in [5.41, 5.74) is 1.28. The van der Waals surface area contributed by atoms with E-state index in [4.69, 9.17) is 13.9 Å². The van der Waals surface area contributed by atoms with E-state index in [1.54, 1.807) is 37.3 Å². The van der Waals surface area contributed by atoms with E-state index in [0.717, 1.165) is 0 Å². The van der Waals surface area contributed by atoms with Crippen molar-refractivity contribution >= 4 is 18.0 Å². The maximum absolute atomic E-state index is 12.5. The van der Waals surface area contributed by atoms with Crippen LogP contribution in [0.3, 0.4) is 0 Å². The van der Waals surface area contributed by atoms with Crippen molar-refractivity contribution in [1.82, 2.24) is 10.6 Å². The lowest BCUT2D eigenvalue weighted by molar-refractivity contribution is -0.139. The van der Waals surface area contributed by atoms with E-state index in [9.17, 15) is 14.4 Å². The lowest BCUT2D eigenvalue weighted by atomic mass is 9.95. The molecule has 0 aliphatic carbocycles. The predicted molar refractivity (Wildman–Crippen MR) is 98.5 cm³/mol. The Morgan fingerprint density at radius 2 is 2.00 bits per heavy atom. The molecule has 0 saturated heterocycles. The minimum atomic E-state index is -0.736. The third-order valence-corrected chi connectivity index (χ3v) is 4.05. The molecule has 1 aromatic carbocycles. The van der Waals surface area contributed by atoms with E-state index in [-0.39, 0.29) is 18.1 Å². The van der Waals surface area contributed by atoms with Gasteiger partial charge in [-0.1, -0.05) is 19.1 Å². The number of rotatable bonds is 6. The molecule has 1 aliphatic rings. The van der Waals surface area contributed by atoms with Gasteiger partial charge in [0.1, 0.15) is 5.75 Å². The van der Waals surface area contributed by atoms with Gasteiger partial charge in [-0.3, -0.25) is 0 Å². The Kier molecular flexibility index (Phi) is 5.78. The van der Waals surface area contributed by atoms with Gasteiger partial charge in [-0.25, -0.2) is 14.4 Å². The van der Waals surface area contributed by atoms with Crippen molar-refractivity contribution in [2.75, 3.05) is 6.61 Å². The first kappa shape index (κ1) is 19.2. The Morgan fingerprint density at radius 1 is 1.18 bits per heavy atom. The summed E-state index contributed by atoms with van der Waals surface area (Å²) < 4.78 is 15.6. The van der Waals surface area contributed by atoms with Crippen LogP contribution in [0.2, 0.25) is 0 Å². The predicted octanol–water partition coefficient (Wildman–Crippen LogP) is 3.08. The van der Waals surface area contributed by atoms with Crippen LogP contribution in [-0.2, 0) is 9.53 Å². The molecule has 2 amide bonds. The number of ether oxygens (including phenoxy) is 2. The number of hydrogen-bond donors (Lipinski definition) is 2. The van der Waals surface area contributed by atoms with Gasteiger partial charge >= 0.3 is 18.0 Å². The van der Waals surface area contributed by atoms with Crippen LogP contribution < -0.4 is 15.4 Å². The maximum Gasteiger partial charge on any atom is 0.379 e. The van der Waals surface area contributed by atoms with Crippen molar-refractivity contribution in [2.24, 2.45) is 0 Å². The van der Waals surface area contributed by atoms with Gasteiger partial charge in [-0.2, -0.15) is 0 Å². The topological polar surface area (TPSA) is 107 Å². The summed E-state index contributed by atoms with van der Waals surface area (Å²) in [7, 11) is 0. The van der Waals surface area contributed by atoms with E-state index in [1.165, 1.54) is 12.3 Å². The van der Waals surface area contributed by atoms with Gasteiger partial charge in [0.25, 0.3) is 0 Å². The minimum Gasteiger partial charge on any atom is -0.462 e. The van der Waals surface area contributed by atoms with Crippen molar-refractivity contribution in [3.63, 3.8) is 0 Å². The zero-order valence-electron chi connectivity index (χ0n) is 15.5. The van der Waals surface area contributed by atoms with Crippen LogP contribution in [0.1, 0.15) is 42.4 Å². The number of amides is 2. The highest BCUT2D eigenvalue weighted by molar-refractivity contribution is 5.95. The molecular weight excluding hydrogens is 364 g/mol. The van der Waals surface area contributed by atoms with Gasteiger partial charge in [-0.15, -0.1) is 0 Å². The molecule has 1 unspecified atom stereocenters. The first-order valence-electron chi connectivity index (χ1n) is 8.80. The normalized spacial score (nSPS) is 16.2. The number of carbonyl (C=O) groups excluding carboxylic acids is 3. The van der Waals surface area contributed by atoms with Crippen LogP contribution in [0.25, 0.3) is 0 Å². The molecule has 1 aromatic heterocycles. The van der Waals surface area contributed by atoms with E-state index < -0.39 is 24.0 Å². The Bertz CT molecular complexity index is 917.